The summed E-state index contributed by atoms with van der Waals surface area (Å²) in [5.41, 5.74) is 15.9. The molecular formula is C37H38. The van der Waals surface area contributed by atoms with Crippen LogP contribution < -0.4 is 0 Å². The van der Waals surface area contributed by atoms with Crippen LogP contribution in [0.4, 0.5) is 0 Å². The molecule has 3 aliphatic rings. The molecule has 37 heavy (non-hydrogen) atoms. The van der Waals surface area contributed by atoms with E-state index >= 15 is 0 Å². The first-order valence-corrected chi connectivity index (χ1v) is 13.6. The second-order valence-corrected chi connectivity index (χ2v) is 10.9. The van der Waals surface area contributed by atoms with Gasteiger partial charge in [0.2, 0.25) is 0 Å². The summed E-state index contributed by atoms with van der Waals surface area (Å²) >= 11 is 0. The molecule has 1 fully saturated rings. The van der Waals surface area contributed by atoms with Crippen LogP contribution in [-0.4, -0.2) is 0 Å². The Morgan fingerprint density at radius 3 is 2.49 bits per heavy atom. The summed E-state index contributed by atoms with van der Waals surface area (Å²) < 4.78 is 0. The van der Waals surface area contributed by atoms with E-state index in [0.717, 1.165) is 31.3 Å². The summed E-state index contributed by atoms with van der Waals surface area (Å²) in [6.45, 7) is 19.9. The molecule has 5 rings (SSSR count). The summed E-state index contributed by atoms with van der Waals surface area (Å²) in [5, 5.41) is 0. The van der Waals surface area contributed by atoms with E-state index in [4.69, 9.17) is 6.58 Å². The van der Waals surface area contributed by atoms with Crippen LogP contribution in [0.1, 0.15) is 69.1 Å². The molecule has 2 atom stereocenters. The van der Waals surface area contributed by atoms with Crippen molar-refractivity contribution in [3.05, 3.63) is 154 Å². The number of rotatable bonds is 7. The first-order valence-electron chi connectivity index (χ1n) is 13.6. The molecule has 0 saturated heterocycles. The Bertz CT molecular complexity index is 1430. The average molecular weight is 483 g/mol. The van der Waals surface area contributed by atoms with Crippen molar-refractivity contribution in [3.63, 3.8) is 0 Å². The monoisotopic (exact) mass is 482 g/mol. The van der Waals surface area contributed by atoms with Gasteiger partial charge in [-0.3, -0.25) is 0 Å². The molecule has 0 aromatic heterocycles. The molecule has 0 amide bonds. The van der Waals surface area contributed by atoms with Crippen molar-refractivity contribution in [1.82, 2.24) is 0 Å². The number of hydrogen-bond donors (Lipinski definition) is 0. The van der Waals surface area contributed by atoms with E-state index in [1.54, 1.807) is 0 Å². The Morgan fingerprint density at radius 1 is 0.973 bits per heavy atom. The second kappa shape index (κ2) is 10.4. The molecule has 0 N–H and O–H groups in total. The van der Waals surface area contributed by atoms with Gasteiger partial charge in [0.05, 0.1) is 0 Å². The number of fused-ring (bicyclic) bond motifs is 1. The van der Waals surface area contributed by atoms with Gasteiger partial charge in [-0.05, 0) is 89.3 Å². The van der Waals surface area contributed by atoms with E-state index in [9.17, 15) is 0 Å². The zero-order chi connectivity index (χ0) is 26.1. The molecule has 0 bridgehead atoms. The predicted octanol–water partition coefficient (Wildman–Crippen LogP) is 10.3. The minimum absolute atomic E-state index is 0.287. The highest BCUT2D eigenvalue weighted by atomic mass is 14.4. The fourth-order valence-corrected chi connectivity index (χ4v) is 6.34. The largest absolute Gasteiger partial charge is 0.0955 e. The Hall–Kier alpha value is -3.64. The number of benzene rings is 2. The molecule has 2 unspecified atom stereocenters. The molecule has 0 spiro atoms. The van der Waals surface area contributed by atoms with Gasteiger partial charge in [0.1, 0.15) is 0 Å². The van der Waals surface area contributed by atoms with Crippen molar-refractivity contribution >= 4 is 11.1 Å². The highest BCUT2D eigenvalue weighted by molar-refractivity contribution is 5.76. The SMILES string of the molecule is C=C(CCC)C1=C(C)C=C2C/C(=C\C3=CC=C(c4cccc(C(=C)C)c4)C3)C(=C)C2C1c1ccccc1. The Balaban J connectivity index is 1.43. The van der Waals surface area contributed by atoms with Gasteiger partial charge in [0.15, 0.2) is 0 Å². The lowest BCUT2D eigenvalue weighted by Gasteiger charge is -2.34. The Labute approximate surface area is 223 Å². The van der Waals surface area contributed by atoms with Crippen molar-refractivity contribution in [1.29, 1.82) is 0 Å². The van der Waals surface area contributed by atoms with Crippen LogP contribution in [0.5, 0.6) is 0 Å². The fourth-order valence-electron chi connectivity index (χ4n) is 6.34. The molecule has 0 heteroatoms. The van der Waals surface area contributed by atoms with Gasteiger partial charge in [-0.1, -0.05) is 123 Å². The lowest BCUT2D eigenvalue weighted by atomic mass is 9.69. The summed E-state index contributed by atoms with van der Waals surface area (Å²) in [5.74, 6) is 0.595. The third-order valence-corrected chi connectivity index (χ3v) is 8.12. The first kappa shape index (κ1) is 25.0. The van der Waals surface area contributed by atoms with Crippen LogP contribution in [0.2, 0.25) is 0 Å². The molecule has 0 aliphatic heterocycles. The van der Waals surface area contributed by atoms with E-state index < -0.39 is 0 Å². The molecule has 2 aromatic carbocycles. The highest BCUT2D eigenvalue weighted by Gasteiger charge is 2.40. The molecular weight excluding hydrogens is 444 g/mol. The molecule has 3 aliphatic carbocycles. The van der Waals surface area contributed by atoms with Crippen LogP contribution in [0.25, 0.3) is 11.1 Å². The van der Waals surface area contributed by atoms with E-state index in [1.807, 2.05) is 0 Å². The minimum atomic E-state index is 0.287. The first-order chi connectivity index (χ1) is 17.9. The zero-order valence-corrected chi connectivity index (χ0v) is 22.6. The van der Waals surface area contributed by atoms with Crippen molar-refractivity contribution < 1.29 is 0 Å². The maximum absolute atomic E-state index is 4.70. The van der Waals surface area contributed by atoms with Gasteiger partial charge in [0.25, 0.3) is 0 Å². The van der Waals surface area contributed by atoms with Gasteiger partial charge in [-0.2, -0.15) is 0 Å². The van der Waals surface area contributed by atoms with Crippen LogP contribution >= 0.6 is 0 Å². The topological polar surface area (TPSA) is 0 Å². The van der Waals surface area contributed by atoms with E-state index in [1.165, 1.54) is 61.3 Å². The van der Waals surface area contributed by atoms with Crippen molar-refractivity contribution in [2.24, 2.45) is 5.92 Å². The van der Waals surface area contributed by atoms with Gasteiger partial charge < -0.3 is 0 Å². The fraction of sp³-hybridized carbons (Fsp3) is 0.243. The van der Waals surface area contributed by atoms with Gasteiger partial charge in [-0.15, -0.1) is 0 Å². The minimum Gasteiger partial charge on any atom is -0.0955 e. The predicted molar refractivity (Wildman–Crippen MR) is 161 cm³/mol. The maximum Gasteiger partial charge on any atom is 0.0201 e. The van der Waals surface area contributed by atoms with Crippen molar-refractivity contribution in [3.8, 4) is 0 Å². The van der Waals surface area contributed by atoms with Gasteiger partial charge >= 0.3 is 0 Å². The molecule has 0 heterocycles. The van der Waals surface area contributed by atoms with E-state index in [-0.39, 0.29) is 5.92 Å². The van der Waals surface area contributed by atoms with Crippen molar-refractivity contribution in [2.75, 3.05) is 0 Å². The smallest absolute Gasteiger partial charge is 0.0201 e. The summed E-state index contributed by atoms with van der Waals surface area (Å²) in [6.07, 6.45) is 13.5. The average Bonchev–Trinajstić information content (AvgIpc) is 3.48. The Morgan fingerprint density at radius 2 is 1.76 bits per heavy atom. The third kappa shape index (κ3) is 4.86. The van der Waals surface area contributed by atoms with Crippen LogP contribution in [0.3, 0.4) is 0 Å². The molecule has 1 saturated carbocycles. The zero-order valence-electron chi connectivity index (χ0n) is 22.6. The summed E-state index contributed by atoms with van der Waals surface area (Å²) in [6, 6.07) is 19.7. The third-order valence-electron chi connectivity index (χ3n) is 8.12. The van der Waals surface area contributed by atoms with E-state index in [0.29, 0.717) is 5.92 Å². The highest BCUT2D eigenvalue weighted by Crippen LogP contribution is 2.55. The standard InChI is InChI=1S/C37H38/c1-7-12-25(4)35-26(5)19-34-23-33(27(6)36(34)37(35)29-13-9-8-10-14-29)21-28-17-18-32(20-28)31-16-11-15-30(22-31)24(2)3/h8-11,13-19,21-22,36-37H,2,4,6-7,12,20,23H2,1,3,5H3/b33-21+. The molecule has 2 aromatic rings. The van der Waals surface area contributed by atoms with E-state index in [2.05, 4.69) is 113 Å². The number of hydrogen-bond acceptors (Lipinski definition) is 0. The quantitative estimate of drug-likeness (QED) is 0.368. The van der Waals surface area contributed by atoms with Gasteiger partial charge in [0, 0.05) is 11.8 Å². The molecule has 186 valence electrons. The van der Waals surface area contributed by atoms with Crippen LogP contribution in [0, 0.1) is 5.92 Å². The number of allylic oxidation sites excluding steroid dienone is 13. The Kier molecular flexibility index (Phi) is 7.02. The second-order valence-electron chi connectivity index (χ2n) is 10.9. The van der Waals surface area contributed by atoms with Crippen LogP contribution in [0.15, 0.2) is 138 Å². The normalized spacial score (nSPS) is 22.1. The lowest BCUT2D eigenvalue weighted by molar-refractivity contribution is 0.619. The molecule has 0 nitrogen and oxygen atoms in total. The molecule has 0 radical (unpaired) electrons. The lowest BCUT2D eigenvalue weighted by Crippen LogP contribution is -2.21. The van der Waals surface area contributed by atoms with Crippen molar-refractivity contribution in [2.45, 2.75) is 52.4 Å². The summed E-state index contributed by atoms with van der Waals surface area (Å²) in [4.78, 5) is 0. The summed E-state index contributed by atoms with van der Waals surface area (Å²) in [7, 11) is 0. The van der Waals surface area contributed by atoms with Gasteiger partial charge in [-0.25, -0.2) is 0 Å². The van der Waals surface area contributed by atoms with Crippen LogP contribution in [-0.2, 0) is 0 Å². The maximum atomic E-state index is 4.70.